The SMILES string of the molecule is C[C@@H](C(=O)Nc1nc2cc3c(cc2s1)OC(F)(F)O3)N1CCC(F)C(c2cc[n+]([O-])cc2)C1. The van der Waals surface area contributed by atoms with Gasteiger partial charge in [-0.15, -0.1) is 8.78 Å². The molecule has 12 heteroatoms. The molecule has 1 fully saturated rings. The molecule has 0 aliphatic carbocycles. The molecule has 1 N–H and O–H groups in total. The molecule has 1 aromatic carbocycles. The number of likely N-dealkylation sites (tertiary alicyclic amines) is 1. The van der Waals surface area contributed by atoms with Crippen LogP contribution >= 0.6 is 11.3 Å². The molecule has 174 valence electrons. The summed E-state index contributed by atoms with van der Waals surface area (Å²) in [5, 5.41) is 14.3. The Morgan fingerprint density at radius 2 is 2.03 bits per heavy atom. The lowest BCUT2D eigenvalue weighted by Crippen LogP contribution is -2.49. The van der Waals surface area contributed by atoms with Crippen molar-refractivity contribution in [2.75, 3.05) is 18.4 Å². The second-order valence-electron chi connectivity index (χ2n) is 8.02. The zero-order valence-corrected chi connectivity index (χ0v) is 18.2. The zero-order valence-electron chi connectivity index (χ0n) is 17.3. The first-order chi connectivity index (χ1) is 15.7. The van der Waals surface area contributed by atoms with E-state index in [9.17, 15) is 23.2 Å². The van der Waals surface area contributed by atoms with E-state index in [0.29, 0.717) is 38.7 Å². The van der Waals surface area contributed by atoms with Crippen molar-refractivity contribution in [3.8, 4) is 11.5 Å². The van der Waals surface area contributed by atoms with Gasteiger partial charge in [-0.05, 0) is 18.9 Å². The number of amides is 1. The van der Waals surface area contributed by atoms with E-state index >= 15 is 0 Å². The van der Waals surface area contributed by atoms with Crippen LogP contribution in [0, 0.1) is 5.21 Å². The van der Waals surface area contributed by atoms with Gasteiger partial charge in [-0.2, -0.15) is 4.73 Å². The summed E-state index contributed by atoms with van der Waals surface area (Å²) in [6.07, 6.45) is -1.85. The van der Waals surface area contributed by atoms with Crippen molar-refractivity contribution >= 4 is 32.6 Å². The van der Waals surface area contributed by atoms with Gasteiger partial charge < -0.3 is 20.0 Å². The molecule has 2 aliphatic rings. The molecule has 0 radical (unpaired) electrons. The third-order valence-corrected chi connectivity index (χ3v) is 6.82. The van der Waals surface area contributed by atoms with Gasteiger partial charge in [0.15, 0.2) is 29.0 Å². The third kappa shape index (κ3) is 4.27. The number of benzene rings is 1. The number of halogens is 3. The van der Waals surface area contributed by atoms with E-state index in [-0.39, 0.29) is 23.8 Å². The summed E-state index contributed by atoms with van der Waals surface area (Å²) in [4.78, 5) is 19.0. The number of carbonyl (C=O) groups is 1. The number of thiazole rings is 1. The molecule has 4 heterocycles. The molecule has 3 aromatic rings. The minimum atomic E-state index is -3.71. The monoisotopic (exact) mass is 480 g/mol. The molecule has 0 bridgehead atoms. The Balaban J connectivity index is 1.28. The average molecular weight is 480 g/mol. The number of piperidine rings is 1. The summed E-state index contributed by atoms with van der Waals surface area (Å²) in [5.41, 5.74) is 1.10. The van der Waals surface area contributed by atoms with Crippen molar-refractivity contribution in [1.82, 2.24) is 9.88 Å². The van der Waals surface area contributed by atoms with Crippen LogP contribution in [0.15, 0.2) is 36.7 Å². The van der Waals surface area contributed by atoms with Crippen LogP contribution < -0.4 is 19.5 Å². The molecule has 2 aromatic heterocycles. The van der Waals surface area contributed by atoms with E-state index in [1.165, 1.54) is 24.5 Å². The second-order valence-corrected chi connectivity index (χ2v) is 9.05. The van der Waals surface area contributed by atoms with Crippen LogP contribution in [0.25, 0.3) is 10.2 Å². The average Bonchev–Trinajstić information content (AvgIpc) is 3.28. The second kappa shape index (κ2) is 8.03. The molecule has 0 saturated carbocycles. The van der Waals surface area contributed by atoms with Crippen molar-refractivity contribution in [3.05, 3.63) is 47.4 Å². The summed E-state index contributed by atoms with van der Waals surface area (Å²) in [5.74, 6) is -0.973. The van der Waals surface area contributed by atoms with Crippen molar-refractivity contribution in [2.45, 2.75) is 37.8 Å². The molecule has 1 saturated heterocycles. The number of pyridine rings is 1. The molecule has 2 unspecified atom stereocenters. The highest BCUT2D eigenvalue weighted by Crippen LogP contribution is 2.44. The number of ether oxygens (including phenoxy) is 2. The summed E-state index contributed by atoms with van der Waals surface area (Å²) in [6.45, 7) is 2.47. The van der Waals surface area contributed by atoms with Gasteiger partial charge in [0, 0.05) is 43.3 Å². The normalized spacial score (nSPS) is 22.9. The maximum Gasteiger partial charge on any atom is 0.586 e. The van der Waals surface area contributed by atoms with E-state index in [1.54, 1.807) is 19.1 Å². The van der Waals surface area contributed by atoms with Gasteiger partial charge in [0.05, 0.1) is 16.3 Å². The van der Waals surface area contributed by atoms with Crippen LogP contribution in [-0.4, -0.2) is 47.4 Å². The predicted molar refractivity (Wildman–Crippen MR) is 113 cm³/mol. The van der Waals surface area contributed by atoms with Crippen LogP contribution in [0.5, 0.6) is 11.5 Å². The van der Waals surface area contributed by atoms with Crippen LogP contribution in [-0.2, 0) is 4.79 Å². The van der Waals surface area contributed by atoms with Crippen LogP contribution in [0.2, 0.25) is 0 Å². The van der Waals surface area contributed by atoms with Gasteiger partial charge in [0.25, 0.3) is 0 Å². The molecule has 1 amide bonds. The molecule has 8 nitrogen and oxygen atoms in total. The summed E-state index contributed by atoms with van der Waals surface area (Å²) >= 11 is 1.12. The Kier molecular flexibility index (Phi) is 5.28. The minimum absolute atomic E-state index is 0.0917. The topological polar surface area (TPSA) is 90.6 Å². The third-order valence-electron chi connectivity index (χ3n) is 5.88. The quantitative estimate of drug-likeness (QED) is 0.455. The number of aromatic nitrogens is 2. The van der Waals surface area contributed by atoms with Crippen molar-refractivity contribution < 1.29 is 32.2 Å². The molecular weight excluding hydrogens is 461 g/mol. The smallest absolute Gasteiger partial charge is 0.586 e. The molecular formula is C21H19F3N4O4S. The highest BCUT2D eigenvalue weighted by Gasteiger charge is 2.43. The molecule has 33 heavy (non-hydrogen) atoms. The number of nitrogens with zero attached hydrogens (tertiary/aromatic N) is 3. The van der Waals surface area contributed by atoms with Gasteiger partial charge in [0.1, 0.15) is 6.17 Å². The zero-order chi connectivity index (χ0) is 23.3. The highest BCUT2D eigenvalue weighted by atomic mass is 32.1. The van der Waals surface area contributed by atoms with E-state index in [4.69, 9.17) is 0 Å². The number of hydrogen-bond acceptors (Lipinski definition) is 7. The molecule has 5 rings (SSSR count). The highest BCUT2D eigenvalue weighted by molar-refractivity contribution is 7.22. The molecule has 2 aliphatic heterocycles. The fourth-order valence-electron chi connectivity index (χ4n) is 4.09. The Labute approximate surface area is 190 Å². The van der Waals surface area contributed by atoms with E-state index < -0.39 is 24.4 Å². The first-order valence-electron chi connectivity index (χ1n) is 10.3. The Bertz CT molecular complexity index is 1160. The van der Waals surface area contributed by atoms with Crippen molar-refractivity contribution in [1.29, 1.82) is 0 Å². The lowest BCUT2D eigenvalue weighted by atomic mass is 9.89. The Morgan fingerprint density at radius 3 is 2.76 bits per heavy atom. The summed E-state index contributed by atoms with van der Waals surface area (Å²) in [7, 11) is 0. The Morgan fingerprint density at radius 1 is 1.33 bits per heavy atom. The summed E-state index contributed by atoms with van der Waals surface area (Å²) < 4.78 is 51.1. The molecule has 3 atom stereocenters. The fraction of sp³-hybridized carbons (Fsp3) is 0.381. The maximum absolute atomic E-state index is 14.6. The Hall–Kier alpha value is -3.12. The number of rotatable bonds is 4. The first kappa shape index (κ1) is 21.7. The van der Waals surface area contributed by atoms with Gasteiger partial charge in [-0.3, -0.25) is 9.69 Å². The van der Waals surface area contributed by atoms with E-state index in [1.807, 2.05) is 4.90 Å². The van der Waals surface area contributed by atoms with Crippen molar-refractivity contribution in [3.63, 3.8) is 0 Å². The number of carbonyl (C=O) groups excluding carboxylic acids is 1. The number of anilines is 1. The molecule has 0 spiro atoms. The number of alkyl halides is 3. The van der Waals surface area contributed by atoms with Crippen LogP contribution in [0.3, 0.4) is 0 Å². The van der Waals surface area contributed by atoms with Gasteiger partial charge in [0.2, 0.25) is 5.91 Å². The van der Waals surface area contributed by atoms with Crippen LogP contribution in [0.1, 0.15) is 24.8 Å². The maximum atomic E-state index is 14.6. The van der Waals surface area contributed by atoms with E-state index in [2.05, 4.69) is 19.8 Å². The number of hydrogen-bond donors (Lipinski definition) is 1. The predicted octanol–water partition coefficient (Wildman–Crippen LogP) is 3.41. The fourth-order valence-corrected chi connectivity index (χ4v) is 4.97. The number of nitrogens with one attached hydrogen (secondary N) is 1. The van der Waals surface area contributed by atoms with Gasteiger partial charge in [-0.25, -0.2) is 9.37 Å². The largest absolute Gasteiger partial charge is 0.619 e. The lowest BCUT2D eigenvalue weighted by Gasteiger charge is -2.37. The minimum Gasteiger partial charge on any atom is -0.619 e. The van der Waals surface area contributed by atoms with Gasteiger partial charge in [-0.1, -0.05) is 11.3 Å². The van der Waals surface area contributed by atoms with Crippen LogP contribution in [0.4, 0.5) is 18.3 Å². The standard InChI is InChI=1S/C21H19F3N4O4S/c1-11(27-5-4-14(22)13(10-27)12-2-6-28(30)7-3-12)19(29)26-20-25-15-8-16-17(9-18(15)33-20)32-21(23,24)31-16/h2-3,6-9,11,13-14H,4-5,10H2,1H3,(H,25,26,29)/t11-,13?,14?/m0/s1. The first-order valence-corrected chi connectivity index (χ1v) is 11.1. The number of fused-ring (bicyclic) bond motifs is 2. The summed E-state index contributed by atoms with van der Waals surface area (Å²) in [6, 6.07) is 5.37. The lowest BCUT2D eigenvalue weighted by molar-refractivity contribution is -0.605. The van der Waals surface area contributed by atoms with E-state index in [0.717, 1.165) is 11.3 Å². The van der Waals surface area contributed by atoms with Gasteiger partial charge >= 0.3 is 6.29 Å². The van der Waals surface area contributed by atoms with Crippen molar-refractivity contribution in [2.24, 2.45) is 0 Å².